The van der Waals surface area contributed by atoms with Gasteiger partial charge < -0.3 is 5.73 Å². The fraction of sp³-hybridized carbons (Fsp3) is 0.111. The van der Waals surface area contributed by atoms with Crippen LogP contribution in [0.25, 0.3) is 0 Å². The Bertz CT molecular complexity index is 549. The van der Waals surface area contributed by atoms with Crippen LogP contribution in [0.1, 0.15) is 10.4 Å². The second kappa shape index (κ2) is 5.82. The predicted molar refractivity (Wildman–Crippen MR) is 55.6 cm³/mol. The average Bonchev–Trinajstić information content (AvgIpc) is 2.27. The smallest absolute Gasteiger partial charge is 0.305 e. The molecule has 0 aliphatic heterocycles. The number of hydrogen-bond acceptors (Lipinski definition) is 5. The summed E-state index contributed by atoms with van der Waals surface area (Å²) in [4.78, 5) is 35.3. The zero-order chi connectivity index (χ0) is 14.6. The number of hydroxylamine groups is 1. The van der Waals surface area contributed by atoms with Crippen molar-refractivity contribution in [2.24, 2.45) is 5.73 Å². The minimum Gasteiger partial charge on any atom is -0.368 e. The SMILES string of the molecule is NC(=O)CONC(=O)c1cc([N+](=O)[O-])c(F)cc1F. The maximum atomic E-state index is 13.3. The number of benzene rings is 1. The van der Waals surface area contributed by atoms with Gasteiger partial charge in [-0.1, -0.05) is 0 Å². The molecule has 0 bridgehead atoms. The van der Waals surface area contributed by atoms with Crippen molar-refractivity contribution in [1.29, 1.82) is 0 Å². The molecule has 0 spiro atoms. The second-order valence-electron chi connectivity index (χ2n) is 3.23. The average molecular weight is 275 g/mol. The van der Waals surface area contributed by atoms with Crippen molar-refractivity contribution < 1.29 is 28.1 Å². The molecule has 0 aromatic heterocycles. The van der Waals surface area contributed by atoms with Crippen molar-refractivity contribution in [3.05, 3.63) is 39.4 Å². The number of nitrogens with zero attached hydrogens (tertiary/aromatic N) is 1. The first-order chi connectivity index (χ1) is 8.82. The standard InChI is InChI=1S/C9H7F2N3O5/c10-5-2-6(11)7(14(17)18)1-4(5)9(16)13-19-3-8(12)15/h1-2H,3H2,(H2,12,15)(H,13,16). The Morgan fingerprint density at radius 2 is 2.00 bits per heavy atom. The van der Waals surface area contributed by atoms with Gasteiger partial charge in [-0.2, -0.15) is 4.39 Å². The first-order valence-electron chi connectivity index (χ1n) is 4.66. The maximum Gasteiger partial charge on any atom is 0.305 e. The van der Waals surface area contributed by atoms with Crippen LogP contribution in [0.2, 0.25) is 0 Å². The molecular weight excluding hydrogens is 268 g/mol. The quantitative estimate of drug-likeness (QED) is 0.579. The molecule has 0 fully saturated rings. The molecule has 0 saturated carbocycles. The summed E-state index contributed by atoms with van der Waals surface area (Å²) in [6, 6.07) is 0.606. The number of nitro benzene ring substituents is 1. The summed E-state index contributed by atoms with van der Waals surface area (Å²) in [6.45, 7) is -0.670. The highest BCUT2D eigenvalue weighted by Gasteiger charge is 2.22. The van der Waals surface area contributed by atoms with E-state index in [1.807, 2.05) is 0 Å². The molecule has 8 nitrogen and oxygen atoms in total. The summed E-state index contributed by atoms with van der Waals surface area (Å²) in [5.41, 5.74) is 4.46. The van der Waals surface area contributed by atoms with E-state index in [-0.39, 0.29) is 6.07 Å². The van der Waals surface area contributed by atoms with E-state index < -0.39 is 46.2 Å². The lowest BCUT2D eigenvalue weighted by molar-refractivity contribution is -0.387. The van der Waals surface area contributed by atoms with E-state index >= 15 is 0 Å². The molecule has 0 saturated heterocycles. The lowest BCUT2D eigenvalue weighted by Crippen LogP contribution is -2.30. The number of nitrogens with one attached hydrogen (secondary N) is 1. The molecule has 10 heteroatoms. The summed E-state index contributed by atoms with van der Waals surface area (Å²) in [5.74, 6) is -4.85. The van der Waals surface area contributed by atoms with Gasteiger partial charge in [-0.15, -0.1) is 0 Å². The van der Waals surface area contributed by atoms with Crippen molar-refractivity contribution in [2.45, 2.75) is 0 Å². The third-order valence-electron chi connectivity index (χ3n) is 1.86. The van der Waals surface area contributed by atoms with E-state index in [0.717, 1.165) is 0 Å². The highest BCUT2D eigenvalue weighted by molar-refractivity contribution is 5.94. The summed E-state index contributed by atoms with van der Waals surface area (Å²) in [7, 11) is 0. The van der Waals surface area contributed by atoms with Crippen molar-refractivity contribution in [3.8, 4) is 0 Å². The van der Waals surface area contributed by atoms with E-state index in [1.54, 1.807) is 5.48 Å². The lowest BCUT2D eigenvalue weighted by Gasteiger charge is -2.05. The first kappa shape index (κ1) is 14.4. The van der Waals surface area contributed by atoms with Gasteiger partial charge in [0.2, 0.25) is 11.7 Å². The minimum absolute atomic E-state index is 0.196. The molecule has 1 aromatic carbocycles. The molecule has 0 heterocycles. The van der Waals surface area contributed by atoms with Crippen LogP contribution in [0, 0.1) is 21.7 Å². The molecule has 1 rings (SSSR count). The summed E-state index contributed by atoms with van der Waals surface area (Å²) >= 11 is 0. The molecule has 0 unspecified atom stereocenters. The van der Waals surface area contributed by atoms with Crippen molar-refractivity contribution in [3.63, 3.8) is 0 Å². The predicted octanol–water partition coefficient (Wildman–Crippen LogP) is 0.0197. The Morgan fingerprint density at radius 3 is 2.53 bits per heavy atom. The van der Waals surface area contributed by atoms with Crippen LogP contribution in [0.5, 0.6) is 0 Å². The Morgan fingerprint density at radius 1 is 1.37 bits per heavy atom. The number of carbonyl (C=O) groups excluding carboxylic acids is 2. The molecule has 1 aromatic rings. The van der Waals surface area contributed by atoms with E-state index in [0.29, 0.717) is 6.07 Å². The number of halogens is 2. The molecule has 3 N–H and O–H groups in total. The largest absolute Gasteiger partial charge is 0.368 e. The molecule has 0 aliphatic carbocycles. The van der Waals surface area contributed by atoms with Crippen LogP contribution in [0.15, 0.2) is 12.1 Å². The highest BCUT2D eigenvalue weighted by Crippen LogP contribution is 2.21. The topological polar surface area (TPSA) is 125 Å². The summed E-state index contributed by atoms with van der Waals surface area (Å²) in [6.07, 6.45) is 0. The number of carbonyl (C=O) groups is 2. The van der Waals surface area contributed by atoms with Crippen LogP contribution in [0.4, 0.5) is 14.5 Å². The fourth-order valence-electron chi connectivity index (χ4n) is 1.08. The number of rotatable bonds is 5. The monoisotopic (exact) mass is 275 g/mol. The number of primary amides is 1. The normalized spacial score (nSPS) is 10.0. The van der Waals surface area contributed by atoms with E-state index in [9.17, 15) is 28.5 Å². The Balaban J connectivity index is 2.93. The van der Waals surface area contributed by atoms with Crippen LogP contribution in [-0.2, 0) is 9.63 Å². The Hall–Kier alpha value is -2.62. The van der Waals surface area contributed by atoms with Crippen molar-refractivity contribution in [2.75, 3.05) is 6.61 Å². The molecule has 0 atom stereocenters. The molecule has 2 amide bonds. The second-order valence-corrected chi connectivity index (χ2v) is 3.23. The van der Waals surface area contributed by atoms with Gasteiger partial charge in [0.1, 0.15) is 5.82 Å². The van der Waals surface area contributed by atoms with Gasteiger partial charge in [-0.25, -0.2) is 9.87 Å². The molecule has 102 valence electrons. The zero-order valence-corrected chi connectivity index (χ0v) is 9.18. The van der Waals surface area contributed by atoms with E-state index in [4.69, 9.17) is 5.73 Å². The van der Waals surface area contributed by atoms with Crippen LogP contribution in [0.3, 0.4) is 0 Å². The van der Waals surface area contributed by atoms with Gasteiger partial charge in [0.25, 0.3) is 5.91 Å². The number of nitrogens with two attached hydrogens (primary N) is 1. The third kappa shape index (κ3) is 3.67. The van der Waals surface area contributed by atoms with Gasteiger partial charge in [0.15, 0.2) is 6.61 Å². The number of amides is 2. The highest BCUT2D eigenvalue weighted by atomic mass is 19.1. The fourth-order valence-corrected chi connectivity index (χ4v) is 1.08. The van der Waals surface area contributed by atoms with Gasteiger partial charge in [-0.05, 0) is 0 Å². The number of hydrogen-bond donors (Lipinski definition) is 2. The molecule has 0 radical (unpaired) electrons. The third-order valence-corrected chi connectivity index (χ3v) is 1.86. The van der Waals surface area contributed by atoms with Crippen LogP contribution < -0.4 is 11.2 Å². The lowest BCUT2D eigenvalue weighted by atomic mass is 10.1. The summed E-state index contributed by atoms with van der Waals surface area (Å²) in [5, 5.41) is 10.4. The van der Waals surface area contributed by atoms with Crippen LogP contribution in [-0.4, -0.2) is 23.3 Å². The maximum absolute atomic E-state index is 13.3. The van der Waals surface area contributed by atoms with Gasteiger partial charge in [-0.3, -0.25) is 24.5 Å². The van der Waals surface area contributed by atoms with Crippen molar-refractivity contribution >= 4 is 17.5 Å². The molecular formula is C9H7F2N3O5. The molecule has 19 heavy (non-hydrogen) atoms. The first-order valence-corrected chi connectivity index (χ1v) is 4.66. The van der Waals surface area contributed by atoms with Gasteiger partial charge in [0.05, 0.1) is 10.5 Å². The Kier molecular flexibility index (Phi) is 4.42. The van der Waals surface area contributed by atoms with E-state index in [2.05, 4.69) is 4.84 Å². The van der Waals surface area contributed by atoms with Crippen molar-refractivity contribution in [1.82, 2.24) is 5.48 Å². The summed E-state index contributed by atoms with van der Waals surface area (Å²) < 4.78 is 26.3. The molecule has 0 aliphatic rings. The zero-order valence-electron chi connectivity index (χ0n) is 9.18. The Labute approximate surface area is 104 Å². The van der Waals surface area contributed by atoms with E-state index in [1.165, 1.54) is 0 Å². The number of nitro groups is 1. The minimum atomic E-state index is -1.42. The van der Waals surface area contributed by atoms with Gasteiger partial charge >= 0.3 is 5.69 Å². The van der Waals surface area contributed by atoms with Gasteiger partial charge in [0, 0.05) is 12.1 Å². The van der Waals surface area contributed by atoms with Crippen LogP contribution >= 0.6 is 0 Å².